The average Bonchev–Trinajstić information content (AvgIpc) is 2.03. The Labute approximate surface area is 78.7 Å². The molecule has 0 aliphatic heterocycles. The van der Waals surface area contributed by atoms with E-state index in [1.165, 1.54) is 0 Å². The van der Waals surface area contributed by atoms with Gasteiger partial charge in [0.05, 0.1) is 0 Å². The molecule has 0 atom stereocenters. The number of anilines is 1. The molecule has 0 saturated carbocycles. The van der Waals surface area contributed by atoms with Crippen molar-refractivity contribution >= 4 is 11.8 Å². The zero-order valence-corrected chi connectivity index (χ0v) is 7.83. The Morgan fingerprint density at radius 3 is 2.77 bits per heavy atom. The largest absolute Gasteiger partial charge is 0.399 e. The first kappa shape index (κ1) is 9.81. The molecular formula is C11H15NO. The number of nitrogens with two attached hydrogens (primary N) is 1. The summed E-state index contributed by atoms with van der Waals surface area (Å²) in [7, 11) is 0. The smallest absolute Gasteiger partial charge is 0.0465 e. The lowest BCUT2D eigenvalue weighted by atomic mass is 10.1. The van der Waals surface area contributed by atoms with Crippen LogP contribution >= 0.6 is 0 Å². The van der Waals surface area contributed by atoms with E-state index in [1.807, 2.05) is 31.2 Å². The Hall–Kier alpha value is -1.28. The molecular weight excluding hydrogens is 162 g/mol. The number of hydrogen-bond acceptors (Lipinski definition) is 2. The van der Waals surface area contributed by atoms with E-state index in [1.54, 1.807) is 0 Å². The Kier molecular flexibility index (Phi) is 3.53. The van der Waals surface area contributed by atoms with Gasteiger partial charge in [0.15, 0.2) is 0 Å². The Balaban J connectivity index is 2.77. The van der Waals surface area contributed by atoms with E-state index in [2.05, 4.69) is 6.07 Å². The Morgan fingerprint density at radius 2 is 2.15 bits per heavy atom. The van der Waals surface area contributed by atoms with E-state index < -0.39 is 0 Å². The third-order valence-corrected chi connectivity index (χ3v) is 1.73. The maximum absolute atomic E-state index is 8.58. The second kappa shape index (κ2) is 4.67. The van der Waals surface area contributed by atoms with Crippen molar-refractivity contribution < 1.29 is 5.11 Å². The van der Waals surface area contributed by atoms with Gasteiger partial charge in [-0.15, -0.1) is 0 Å². The topological polar surface area (TPSA) is 46.2 Å². The molecule has 0 saturated heterocycles. The summed E-state index contributed by atoms with van der Waals surface area (Å²) in [5, 5.41) is 8.58. The lowest BCUT2D eigenvalue weighted by molar-refractivity contribution is 0.303. The minimum Gasteiger partial charge on any atom is -0.399 e. The normalized spacial score (nSPS) is 10.9. The first-order valence-electron chi connectivity index (χ1n) is 4.37. The summed E-state index contributed by atoms with van der Waals surface area (Å²) in [6.45, 7) is 2.21. The van der Waals surface area contributed by atoms with Crippen molar-refractivity contribution in [3.05, 3.63) is 35.4 Å². The van der Waals surface area contributed by atoms with Crippen LogP contribution in [0.4, 0.5) is 5.69 Å². The Bertz CT molecular complexity index is 285. The molecule has 0 aromatic heterocycles. The number of benzene rings is 1. The molecule has 0 aliphatic carbocycles. The highest BCUT2D eigenvalue weighted by molar-refractivity contribution is 5.57. The van der Waals surface area contributed by atoms with Crippen LogP contribution in [0.2, 0.25) is 0 Å². The fraction of sp³-hybridized carbons (Fsp3) is 0.273. The van der Waals surface area contributed by atoms with Gasteiger partial charge in [-0.2, -0.15) is 0 Å². The van der Waals surface area contributed by atoms with Crippen LogP contribution in [-0.2, 0) is 0 Å². The zero-order chi connectivity index (χ0) is 9.68. The molecule has 0 amide bonds. The van der Waals surface area contributed by atoms with Gasteiger partial charge in [-0.1, -0.05) is 18.2 Å². The summed E-state index contributed by atoms with van der Waals surface area (Å²) in [5.41, 5.74) is 8.71. The first-order valence-corrected chi connectivity index (χ1v) is 4.37. The van der Waals surface area contributed by atoms with Crippen molar-refractivity contribution in [2.24, 2.45) is 0 Å². The van der Waals surface area contributed by atoms with E-state index in [0.717, 1.165) is 16.8 Å². The fourth-order valence-corrected chi connectivity index (χ4v) is 1.23. The summed E-state index contributed by atoms with van der Waals surface area (Å²) in [6, 6.07) is 5.91. The third kappa shape index (κ3) is 3.30. The number of aliphatic hydroxyl groups is 1. The first-order chi connectivity index (χ1) is 6.22. The van der Waals surface area contributed by atoms with Crippen LogP contribution < -0.4 is 5.73 Å². The van der Waals surface area contributed by atoms with Crippen LogP contribution in [0, 0.1) is 6.92 Å². The summed E-state index contributed by atoms with van der Waals surface area (Å²) in [5.74, 6) is 0. The lowest BCUT2D eigenvalue weighted by Gasteiger charge is -1.99. The van der Waals surface area contributed by atoms with Gasteiger partial charge in [0.2, 0.25) is 0 Å². The van der Waals surface area contributed by atoms with Crippen molar-refractivity contribution in [3.63, 3.8) is 0 Å². The minimum atomic E-state index is 0.192. The molecule has 0 bridgehead atoms. The second-order valence-electron chi connectivity index (χ2n) is 3.09. The number of nitrogen functional groups attached to an aromatic ring is 1. The molecule has 3 N–H and O–H groups in total. The molecule has 70 valence electrons. The van der Waals surface area contributed by atoms with Gasteiger partial charge in [-0.3, -0.25) is 0 Å². The van der Waals surface area contributed by atoms with Crippen molar-refractivity contribution in [3.8, 4) is 0 Å². The van der Waals surface area contributed by atoms with Crippen molar-refractivity contribution in [2.75, 3.05) is 12.3 Å². The van der Waals surface area contributed by atoms with Crippen molar-refractivity contribution in [1.82, 2.24) is 0 Å². The van der Waals surface area contributed by atoms with Gasteiger partial charge in [-0.05, 0) is 36.6 Å². The molecule has 0 aliphatic rings. The van der Waals surface area contributed by atoms with Gasteiger partial charge in [0, 0.05) is 12.3 Å². The lowest BCUT2D eigenvalue weighted by Crippen LogP contribution is -1.86. The van der Waals surface area contributed by atoms with Crippen LogP contribution in [0.1, 0.15) is 17.5 Å². The molecule has 0 heterocycles. The number of aryl methyl sites for hydroxylation is 1. The molecule has 1 aromatic carbocycles. The quantitative estimate of drug-likeness (QED) is 0.693. The summed E-state index contributed by atoms with van der Waals surface area (Å²) in [4.78, 5) is 0. The predicted molar refractivity (Wildman–Crippen MR) is 56.3 cm³/mol. The summed E-state index contributed by atoms with van der Waals surface area (Å²) >= 11 is 0. The van der Waals surface area contributed by atoms with Crippen LogP contribution in [0.5, 0.6) is 0 Å². The molecule has 1 aromatic rings. The summed E-state index contributed by atoms with van der Waals surface area (Å²) in [6.07, 6.45) is 4.60. The number of rotatable bonds is 3. The van der Waals surface area contributed by atoms with Crippen molar-refractivity contribution in [1.29, 1.82) is 0 Å². The van der Waals surface area contributed by atoms with E-state index >= 15 is 0 Å². The Morgan fingerprint density at radius 1 is 1.38 bits per heavy atom. The predicted octanol–water partition coefficient (Wildman–Crippen LogP) is 1.97. The van der Waals surface area contributed by atoms with Gasteiger partial charge >= 0.3 is 0 Å². The van der Waals surface area contributed by atoms with Crippen LogP contribution in [0.15, 0.2) is 24.3 Å². The van der Waals surface area contributed by atoms with E-state index in [0.29, 0.717) is 6.42 Å². The van der Waals surface area contributed by atoms with E-state index in [-0.39, 0.29) is 6.61 Å². The zero-order valence-electron chi connectivity index (χ0n) is 7.83. The van der Waals surface area contributed by atoms with Crippen LogP contribution in [0.25, 0.3) is 6.08 Å². The SMILES string of the molecule is Cc1cc(N)cc(C=CCCO)c1. The molecule has 1 rings (SSSR count). The molecule has 0 radical (unpaired) electrons. The standard InChI is InChI=1S/C11H15NO/c1-9-6-10(4-2-3-5-13)8-11(12)7-9/h2,4,6-8,13H,3,5,12H2,1H3. The van der Waals surface area contributed by atoms with Gasteiger partial charge in [0.25, 0.3) is 0 Å². The second-order valence-corrected chi connectivity index (χ2v) is 3.09. The van der Waals surface area contributed by atoms with Gasteiger partial charge in [0.1, 0.15) is 0 Å². The molecule has 0 fully saturated rings. The molecule has 0 unspecified atom stereocenters. The van der Waals surface area contributed by atoms with Gasteiger partial charge < -0.3 is 10.8 Å². The molecule has 0 spiro atoms. The highest BCUT2D eigenvalue weighted by atomic mass is 16.2. The maximum atomic E-state index is 8.58. The monoisotopic (exact) mass is 177 g/mol. The molecule has 2 nitrogen and oxygen atoms in total. The number of aliphatic hydroxyl groups excluding tert-OH is 1. The van der Waals surface area contributed by atoms with E-state index in [4.69, 9.17) is 10.8 Å². The van der Waals surface area contributed by atoms with Gasteiger partial charge in [-0.25, -0.2) is 0 Å². The third-order valence-electron chi connectivity index (χ3n) is 1.73. The molecule has 2 heteroatoms. The number of hydrogen-bond donors (Lipinski definition) is 2. The maximum Gasteiger partial charge on any atom is 0.0465 e. The average molecular weight is 177 g/mol. The minimum absolute atomic E-state index is 0.192. The van der Waals surface area contributed by atoms with Crippen LogP contribution in [0.3, 0.4) is 0 Å². The van der Waals surface area contributed by atoms with E-state index in [9.17, 15) is 0 Å². The highest BCUT2D eigenvalue weighted by Gasteiger charge is 1.91. The van der Waals surface area contributed by atoms with Crippen LogP contribution in [-0.4, -0.2) is 11.7 Å². The highest BCUT2D eigenvalue weighted by Crippen LogP contribution is 2.12. The summed E-state index contributed by atoms with van der Waals surface area (Å²) < 4.78 is 0. The van der Waals surface area contributed by atoms with Crippen molar-refractivity contribution in [2.45, 2.75) is 13.3 Å². The fourth-order valence-electron chi connectivity index (χ4n) is 1.23. The molecule has 13 heavy (non-hydrogen) atoms.